The molecule has 0 bridgehead atoms. The van der Waals surface area contributed by atoms with Crippen molar-refractivity contribution in [1.29, 1.82) is 0 Å². The summed E-state index contributed by atoms with van der Waals surface area (Å²) in [6.45, 7) is 9.43. The molecule has 1 fully saturated rings. The summed E-state index contributed by atoms with van der Waals surface area (Å²) >= 11 is 6.07. The zero-order chi connectivity index (χ0) is 15.2. The van der Waals surface area contributed by atoms with Gasteiger partial charge in [-0.15, -0.1) is 0 Å². The quantitative estimate of drug-likeness (QED) is 0.908. The van der Waals surface area contributed by atoms with Gasteiger partial charge in [0.15, 0.2) is 0 Å². The lowest BCUT2D eigenvalue weighted by Gasteiger charge is -2.35. The molecule has 0 radical (unpaired) electrons. The second-order valence-corrected chi connectivity index (χ2v) is 6.32. The number of nitrogens with one attached hydrogen (secondary N) is 1. The van der Waals surface area contributed by atoms with Crippen LogP contribution in [0.4, 0.5) is 5.69 Å². The lowest BCUT2D eigenvalue weighted by atomic mass is 10.2. The summed E-state index contributed by atoms with van der Waals surface area (Å²) in [5.74, 6) is 0.813. The Morgan fingerprint density at radius 2 is 1.90 bits per heavy atom. The van der Waals surface area contributed by atoms with Crippen molar-refractivity contribution in [2.75, 3.05) is 44.6 Å². The van der Waals surface area contributed by atoms with E-state index in [0.29, 0.717) is 17.5 Å². The standard InChI is InChI=1S/C16H24ClN3O/c1-13(2)12-19-7-9-20(10-8-19)16(21)11-18-15-6-4-3-5-14(15)17/h3-6,13,18H,7-12H2,1-2H3. The Bertz CT molecular complexity index is 470. The highest BCUT2D eigenvalue weighted by molar-refractivity contribution is 6.33. The Kier molecular flexibility index (Phi) is 5.88. The van der Waals surface area contributed by atoms with Crippen LogP contribution < -0.4 is 5.32 Å². The molecule has 1 N–H and O–H groups in total. The summed E-state index contributed by atoms with van der Waals surface area (Å²) in [7, 11) is 0. The lowest BCUT2D eigenvalue weighted by Crippen LogP contribution is -2.50. The number of hydrogen-bond acceptors (Lipinski definition) is 3. The molecule has 5 heteroatoms. The smallest absolute Gasteiger partial charge is 0.241 e. The summed E-state index contributed by atoms with van der Waals surface area (Å²) in [5.41, 5.74) is 0.811. The van der Waals surface area contributed by atoms with Crippen LogP contribution in [0.15, 0.2) is 24.3 Å². The topological polar surface area (TPSA) is 35.6 Å². The maximum atomic E-state index is 12.2. The second kappa shape index (κ2) is 7.66. The van der Waals surface area contributed by atoms with Crippen LogP contribution in [0.2, 0.25) is 5.02 Å². The summed E-state index contributed by atoms with van der Waals surface area (Å²) in [6, 6.07) is 7.49. The first kappa shape index (κ1) is 16.1. The van der Waals surface area contributed by atoms with E-state index >= 15 is 0 Å². The van der Waals surface area contributed by atoms with Crippen molar-refractivity contribution >= 4 is 23.2 Å². The van der Waals surface area contributed by atoms with Crippen molar-refractivity contribution in [2.45, 2.75) is 13.8 Å². The number of halogens is 1. The minimum Gasteiger partial charge on any atom is -0.375 e. The zero-order valence-corrected chi connectivity index (χ0v) is 13.6. The van der Waals surface area contributed by atoms with E-state index < -0.39 is 0 Å². The predicted molar refractivity (Wildman–Crippen MR) is 87.8 cm³/mol. The van der Waals surface area contributed by atoms with Crippen molar-refractivity contribution in [3.63, 3.8) is 0 Å². The Morgan fingerprint density at radius 3 is 2.52 bits per heavy atom. The molecule has 21 heavy (non-hydrogen) atoms. The molecule has 0 aromatic heterocycles. The van der Waals surface area contributed by atoms with Gasteiger partial charge in [0, 0.05) is 32.7 Å². The first-order chi connectivity index (χ1) is 10.1. The third kappa shape index (κ3) is 4.90. The molecule has 0 aliphatic carbocycles. The number of benzene rings is 1. The van der Waals surface area contributed by atoms with Crippen LogP contribution in [0.1, 0.15) is 13.8 Å². The fraction of sp³-hybridized carbons (Fsp3) is 0.562. The normalized spacial score (nSPS) is 16.3. The molecular formula is C16H24ClN3O. The van der Waals surface area contributed by atoms with Crippen molar-refractivity contribution in [2.24, 2.45) is 5.92 Å². The van der Waals surface area contributed by atoms with Crippen molar-refractivity contribution in [3.05, 3.63) is 29.3 Å². The fourth-order valence-corrected chi connectivity index (χ4v) is 2.79. The van der Waals surface area contributed by atoms with E-state index in [-0.39, 0.29) is 5.91 Å². The van der Waals surface area contributed by atoms with Crippen molar-refractivity contribution in [1.82, 2.24) is 9.80 Å². The van der Waals surface area contributed by atoms with Gasteiger partial charge in [-0.1, -0.05) is 37.6 Å². The maximum absolute atomic E-state index is 12.2. The molecular weight excluding hydrogens is 286 g/mol. The molecule has 1 heterocycles. The molecule has 1 saturated heterocycles. The monoisotopic (exact) mass is 309 g/mol. The highest BCUT2D eigenvalue weighted by Gasteiger charge is 2.21. The first-order valence-electron chi connectivity index (χ1n) is 7.55. The number of rotatable bonds is 5. The second-order valence-electron chi connectivity index (χ2n) is 5.91. The highest BCUT2D eigenvalue weighted by Crippen LogP contribution is 2.20. The van der Waals surface area contributed by atoms with Gasteiger partial charge >= 0.3 is 0 Å². The Hall–Kier alpha value is -1.26. The van der Waals surface area contributed by atoms with Crippen LogP contribution in [-0.2, 0) is 4.79 Å². The van der Waals surface area contributed by atoms with Crippen LogP contribution in [0.3, 0.4) is 0 Å². The molecule has 1 aromatic rings. The van der Waals surface area contributed by atoms with Gasteiger partial charge in [0.2, 0.25) is 5.91 Å². The molecule has 1 aliphatic heterocycles. The largest absolute Gasteiger partial charge is 0.375 e. The van der Waals surface area contributed by atoms with Gasteiger partial charge in [-0.2, -0.15) is 0 Å². The number of amides is 1. The van der Waals surface area contributed by atoms with Gasteiger partial charge in [-0.25, -0.2) is 0 Å². The molecule has 1 aromatic carbocycles. The van der Waals surface area contributed by atoms with E-state index in [9.17, 15) is 4.79 Å². The number of carbonyl (C=O) groups is 1. The summed E-state index contributed by atoms with van der Waals surface area (Å²) in [6.07, 6.45) is 0. The van der Waals surface area contributed by atoms with E-state index in [1.54, 1.807) is 0 Å². The molecule has 4 nitrogen and oxygen atoms in total. The fourth-order valence-electron chi connectivity index (χ4n) is 2.58. The number of hydrogen-bond donors (Lipinski definition) is 1. The third-order valence-electron chi connectivity index (χ3n) is 3.65. The number of para-hydroxylation sites is 1. The van der Waals surface area contributed by atoms with E-state index in [1.165, 1.54) is 0 Å². The SMILES string of the molecule is CC(C)CN1CCN(C(=O)CNc2ccccc2Cl)CC1. The van der Waals surface area contributed by atoms with Crippen LogP contribution in [0.5, 0.6) is 0 Å². The predicted octanol–water partition coefficient (Wildman–Crippen LogP) is 2.55. The van der Waals surface area contributed by atoms with Crippen molar-refractivity contribution < 1.29 is 4.79 Å². The van der Waals surface area contributed by atoms with Gasteiger partial charge in [-0.3, -0.25) is 9.69 Å². The molecule has 0 saturated carbocycles. The number of anilines is 1. The summed E-state index contributed by atoms with van der Waals surface area (Å²) < 4.78 is 0. The van der Waals surface area contributed by atoms with E-state index in [0.717, 1.165) is 38.4 Å². The van der Waals surface area contributed by atoms with Gasteiger partial charge in [-0.05, 0) is 18.1 Å². The Balaban J connectivity index is 1.76. The van der Waals surface area contributed by atoms with Gasteiger partial charge in [0.1, 0.15) is 0 Å². The minimum atomic E-state index is 0.138. The van der Waals surface area contributed by atoms with Crippen LogP contribution in [-0.4, -0.2) is 55.0 Å². The summed E-state index contributed by atoms with van der Waals surface area (Å²) in [5, 5.41) is 3.76. The van der Waals surface area contributed by atoms with Crippen LogP contribution in [0, 0.1) is 5.92 Å². The molecule has 1 aliphatic rings. The third-order valence-corrected chi connectivity index (χ3v) is 3.98. The van der Waals surface area contributed by atoms with E-state index in [1.807, 2.05) is 29.2 Å². The number of carbonyl (C=O) groups excluding carboxylic acids is 1. The molecule has 0 unspecified atom stereocenters. The Labute approximate surface area is 132 Å². The minimum absolute atomic E-state index is 0.138. The first-order valence-corrected chi connectivity index (χ1v) is 7.92. The van der Waals surface area contributed by atoms with Gasteiger partial charge in [0.05, 0.1) is 17.3 Å². The van der Waals surface area contributed by atoms with Crippen molar-refractivity contribution in [3.8, 4) is 0 Å². The van der Waals surface area contributed by atoms with E-state index in [2.05, 4.69) is 24.1 Å². The summed E-state index contributed by atoms with van der Waals surface area (Å²) in [4.78, 5) is 16.6. The van der Waals surface area contributed by atoms with Crippen LogP contribution >= 0.6 is 11.6 Å². The zero-order valence-electron chi connectivity index (χ0n) is 12.8. The van der Waals surface area contributed by atoms with E-state index in [4.69, 9.17) is 11.6 Å². The number of nitrogens with zero attached hydrogens (tertiary/aromatic N) is 2. The van der Waals surface area contributed by atoms with Gasteiger partial charge in [0.25, 0.3) is 0 Å². The molecule has 2 rings (SSSR count). The number of piperazine rings is 1. The van der Waals surface area contributed by atoms with Gasteiger partial charge < -0.3 is 10.2 Å². The highest BCUT2D eigenvalue weighted by atomic mass is 35.5. The average molecular weight is 310 g/mol. The maximum Gasteiger partial charge on any atom is 0.241 e. The van der Waals surface area contributed by atoms with Crippen LogP contribution in [0.25, 0.3) is 0 Å². The Morgan fingerprint density at radius 1 is 1.24 bits per heavy atom. The average Bonchev–Trinajstić information content (AvgIpc) is 2.46. The molecule has 0 spiro atoms. The molecule has 116 valence electrons. The molecule has 1 amide bonds. The molecule has 0 atom stereocenters. The lowest BCUT2D eigenvalue weighted by molar-refractivity contribution is -0.131.